The third-order valence-electron chi connectivity index (χ3n) is 14.3. The van der Waals surface area contributed by atoms with Crippen molar-refractivity contribution in [2.24, 2.45) is 0 Å². The number of rotatable bonds is 57. The van der Waals surface area contributed by atoms with Crippen LogP contribution in [-0.4, -0.2) is 68.5 Å². The number of aliphatic hydroxyl groups excluding tert-OH is 1. The molecule has 0 heterocycles. The van der Waals surface area contributed by atoms with E-state index in [9.17, 15) is 19.4 Å². The fraction of sp³-hybridized carbons (Fsp3) is 0.950. The minimum atomic E-state index is -4.57. The molecule has 0 spiro atoms. The summed E-state index contributed by atoms with van der Waals surface area (Å²) in [5, 5.41) is 14.0. The van der Waals surface area contributed by atoms with Gasteiger partial charge >= 0.3 is 0 Å². The molecule has 0 fully saturated rings. The lowest BCUT2D eigenvalue weighted by atomic mass is 10.0. The lowest BCUT2D eigenvalue weighted by molar-refractivity contribution is -0.870. The maximum atomic E-state index is 13.0. The van der Waals surface area contributed by atoms with Crippen LogP contribution in [0, 0.1) is 0 Å². The van der Waals surface area contributed by atoms with Crippen LogP contribution in [0.2, 0.25) is 0 Å². The van der Waals surface area contributed by atoms with Crippen molar-refractivity contribution in [3.63, 3.8) is 0 Å². The van der Waals surface area contributed by atoms with Crippen molar-refractivity contribution in [2.45, 2.75) is 328 Å². The van der Waals surface area contributed by atoms with Gasteiger partial charge in [0.25, 0.3) is 7.82 Å². The van der Waals surface area contributed by atoms with Crippen LogP contribution >= 0.6 is 7.82 Å². The van der Waals surface area contributed by atoms with E-state index in [2.05, 4.69) is 31.3 Å². The Hall–Kier alpha value is -0.760. The molecule has 2 N–H and O–H groups in total. The van der Waals surface area contributed by atoms with E-state index in [0.29, 0.717) is 23.9 Å². The fourth-order valence-corrected chi connectivity index (χ4v) is 10.2. The molecule has 1 amide bonds. The molecule has 0 radical (unpaired) electrons. The van der Waals surface area contributed by atoms with Crippen molar-refractivity contribution in [2.75, 3.05) is 40.9 Å². The van der Waals surface area contributed by atoms with Gasteiger partial charge in [0.15, 0.2) is 0 Å². The van der Waals surface area contributed by atoms with Gasteiger partial charge in [-0.05, 0) is 38.5 Å². The van der Waals surface area contributed by atoms with Crippen molar-refractivity contribution in [3.8, 4) is 0 Å². The molecule has 0 rings (SSSR count). The zero-order valence-corrected chi connectivity index (χ0v) is 47.9. The number of nitrogens with one attached hydrogen (secondary N) is 1. The van der Waals surface area contributed by atoms with Gasteiger partial charge in [0.2, 0.25) is 5.91 Å². The summed E-state index contributed by atoms with van der Waals surface area (Å²) >= 11 is 0. The highest BCUT2D eigenvalue weighted by molar-refractivity contribution is 7.45. The van der Waals surface area contributed by atoms with Crippen LogP contribution in [0.3, 0.4) is 0 Å². The zero-order valence-electron chi connectivity index (χ0n) is 47.0. The summed E-state index contributed by atoms with van der Waals surface area (Å²) < 4.78 is 23.4. The summed E-state index contributed by atoms with van der Waals surface area (Å²) in [6.07, 6.45) is 64.1. The molecule has 412 valence electrons. The predicted molar refractivity (Wildman–Crippen MR) is 298 cm³/mol. The molecule has 69 heavy (non-hydrogen) atoms. The van der Waals surface area contributed by atoms with E-state index in [1.54, 1.807) is 0 Å². The fourth-order valence-electron chi connectivity index (χ4n) is 9.45. The van der Waals surface area contributed by atoms with E-state index in [0.717, 1.165) is 51.4 Å². The highest BCUT2D eigenvalue weighted by atomic mass is 31.2. The van der Waals surface area contributed by atoms with E-state index in [4.69, 9.17) is 9.05 Å². The maximum Gasteiger partial charge on any atom is 0.268 e. The molecule has 0 saturated heterocycles. The SMILES string of the molecule is CCCCCCCC/C=C\CCCCCCCC(=O)NC(COP(=O)([O-])OCC[N+](C)(C)C)C(O)CCCCCCCCCCCCCCCCCCCCCCCCCCCCCCCCCC. The normalized spacial score (nSPS) is 13.9. The average Bonchev–Trinajstić information content (AvgIpc) is 3.31. The molecule has 3 unspecified atom stereocenters. The van der Waals surface area contributed by atoms with Crippen molar-refractivity contribution < 1.29 is 32.9 Å². The number of carbonyl (C=O) groups excluding carboxylic acids is 1. The maximum absolute atomic E-state index is 13.0. The number of nitrogens with zero attached hydrogens (tertiary/aromatic N) is 1. The number of aliphatic hydroxyl groups is 1. The van der Waals surface area contributed by atoms with Gasteiger partial charge in [-0.25, -0.2) is 0 Å². The van der Waals surface area contributed by atoms with Crippen LogP contribution in [-0.2, 0) is 18.4 Å². The number of phosphoric ester groups is 1. The Morgan fingerprint density at radius 1 is 0.493 bits per heavy atom. The van der Waals surface area contributed by atoms with Gasteiger partial charge in [0, 0.05) is 6.42 Å². The van der Waals surface area contributed by atoms with Gasteiger partial charge in [-0.1, -0.05) is 283 Å². The van der Waals surface area contributed by atoms with E-state index in [1.807, 2.05) is 21.1 Å². The Balaban J connectivity index is 3.99. The standard InChI is InChI=1S/C60H121N2O6P/c1-6-8-10-12-14-16-18-20-22-23-24-25-26-27-28-29-30-31-32-33-34-35-36-37-38-40-41-43-45-47-49-51-53-59(63)58(57-68-69(65,66)67-56-55-62(3,4)5)61-60(64)54-52-50-48-46-44-42-39-21-19-17-15-13-11-9-7-2/h21,39,58-59,63H,6-20,22-38,40-57H2,1-5H3,(H-,61,64,65,66)/b39-21-. The molecule has 0 bridgehead atoms. The highest BCUT2D eigenvalue weighted by Crippen LogP contribution is 2.38. The number of carbonyl (C=O) groups is 1. The summed E-state index contributed by atoms with van der Waals surface area (Å²) in [6.45, 7) is 4.75. The summed E-state index contributed by atoms with van der Waals surface area (Å²) in [5.41, 5.74) is 0. The van der Waals surface area contributed by atoms with Crippen LogP contribution in [0.4, 0.5) is 0 Å². The number of quaternary nitrogens is 1. The van der Waals surface area contributed by atoms with Gasteiger partial charge in [0.1, 0.15) is 13.2 Å². The van der Waals surface area contributed by atoms with E-state index < -0.39 is 20.0 Å². The Labute approximate surface area is 431 Å². The molecular formula is C60H121N2O6P. The van der Waals surface area contributed by atoms with Crippen molar-refractivity contribution in [1.29, 1.82) is 0 Å². The first-order valence-corrected chi connectivity index (χ1v) is 32.0. The second kappa shape index (κ2) is 52.1. The highest BCUT2D eigenvalue weighted by Gasteiger charge is 2.24. The van der Waals surface area contributed by atoms with Crippen molar-refractivity contribution >= 4 is 13.7 Å². The number of likely N-dealkylation sites (N-methyl/N-ethyl adjacent to an activating group) is 1. The van der Waals surface area contributed by atoms with Crippen LogP contribution in [0.5, 0.6) is 0 Å². The minimum absolute atomic E-state index is 0.0129. The number of unbranched alkanes of at least 4 members (excludes halogenated alkanes) is 42. The van der Waals surface area contributed by atoms with E-state index in [1.165, 1.54) is 238 Å². The quantitative estimate of drug-likeness (QED) is 0.0272. The Morgan fingerprint density at radius 3 is 1.13 bits per heavy atom. The molecule has 8 nitrogen and oxygen atoms in total. The van der Waals surface area contributed by atoms with Crippen molar-refractivity contribution in [3.05, 3.63) is 12.2 Å². The molecule has 0 aromatic rings. The van der Waals surface area contributed by atoms with Gasteiger partial charge < -0.3 is 28.8 Å². The molecule has 0 aliphatic heterocycles. The monoisotopic (exact) mass is 997 g/mol. The molecule has 0 aromatic heterocycles. The third-order valence-corrected chi connectivity index (χ3v) is 15.2. The summed E-state index contributed by atoms with van der Waals surface area (Å²) in [6, 6.07) is -0.802. The van der Waals surface area contributed by atoms with Gasteiger partial charge in [-0.15, -0.1) is 0 Å². The molecule has 0 aliphatic carbocycles. The molecule has 0 aromatic carbocycles. The van der Waals surface area contributed by atoms with Crippen molar-refractivity contribution in [1.82, 2.24) is 5.32 Å². The summed E-state index contributed by atoms with van der Waals surface area (Å²) in [4.78, 5) is 25.5. The molecular weight excluding hydrogens is 876 g/mol. The topological polar surface area (TPSA) is 108 Å². The Morgan fingerprint density at radius 2 is 0.797 bits per heavy atom. The molecule has 0 saturated carbocycles. The first-order chi connectivity index (χ1) is 33.5. The lowest BCUT2D eigenvalue weighted by Gasteiger charge is -2.30. The zero-order chi connectivity index (χ0) is 50.6. The summed E-state index contributed by atoms with van der Waals surface area (Å²) in [5.74, 6) is -0.169. The Kier molecular flexibility index (Phi) is 51.5. The number of allylic oxidation sites excluding steroid dienone is 2. The number of hydrogen-bond acceptors (Lipinski definition) is 6. The lowest BCUT2D eigenvalue weighted by Crippen LogP contribution is -2.46. The smallest absolute Gasteiger partial charge is 0.268 e. The first-order valence-electron chi connectivity index (χ1n) is 30.5. The number of hydrogen-bond donors (Lipinski definition) is 2. The van der Waals surface area contributed by atoms with E-state index in [-0.39, 0.29) is 19.1 Å². The van der Waals surface area contributed by atoms with Gasteiger partial charge in [-0.2, -0.15) is 0 Å². The second-order valence-corrected chi connectivity index (χ2v) is 23.8. The largest absolute Gasteiger partial charge is 0.756 e. The summed E-state index contributed by atoms with van der Waals surface area (Å²) in [7, 11) is 1.31. The molecule has 0 aliphatic rings. The number of amides is 1. The molecule has 3 atom stereocenters. The third kappa shape index (κ3) is 54.8. The number of phosphoric acid groups is 1. The molecule has 9 heteroatoms. The van der Waals surface area contributed by atoms with Crippen LogP contribution in [0.25, 0.3) is 0 Å². The Bertz CT molecular complexity index is 1130. The minimum Gasteiger partial charge on any atom is -0.756 e. The van der Waals surface area contributed by atoms with Crippen LogP contribution in [0.15, 0.2) is 12.2 Å². The van der Waals surface area contributed by atoms with Crippen LogP contribution in [0.1, 0.15) is 316 Å². The van der Waals surface area contributed by atoms with Crippen LogP contribution < -0.4 is 10.2 Å². The van der Waals surface area contributed by atoms with Gasteiger partial charge in [0.05, 0.1) is 39.9 Å². The van der Waals surface area contributed by atoms with E-state index >= 15 is 0 Å². The predicted octanol–water partition coefficient (Wildman–Crippen LogP) is 18.0. The second-order valence-electron chi connectivity index (χ2n) is 22.4. The average molecular weight is 998 g/mol. The first kappa shape index (κ1) is 68.2. The van der Waals surface area contributed by atoms with Gasteiger partial charge in [-0.3, -0.25) is 9.36 Å².